The van der Waals surface area contributed by atoms with Crippen molar-refractivity contribution >= 4 is 38.1 Å². The first kappa shape index (κ1) is 43.7. The van der Waals surface area contributed by atoms with Gasteiger partial charge in [0.05, 0.1) is 0 Å². The molecular formula is C68H42N6O. The van der Waals surface area contributed by atoms with Crippen molar-refractivity contribution in [3.63, 3.8) is 0 Å². The van der Waals surface area contributed by atoms with Crippen LogP contribution in [0.25, 0.3) is 134 Å². The van der Waals surface area contributed by atoms with Gasteiger partial charge >= 0.3 is 0 Å². The van der Waals surface area contributed by atoms with Crippen LogP contribution in [-0.4, -0.2) is 35.7 Å². The number of Topliss-reactive ketones (excluding diaryl/α,β-unsaturated/α-hetero) is 1. The van der Waals surface area contributed by atoms with Gasteiger partial charge in [-0.1, -0.05) is 224 Å². The second-order valence-electron chi connectivity index (χ2n) is 18.9. The third kappa shape index (κ3) is 7.73. The first-order valence-electron chi connectivity index (χ1n) is 25.1. The Kier molecular flexibility index (Phi) is 10.6. The summed E-state index contributed by atoms with van der Waals surface area (Å²) in [5.41, 5.74) is 13.3. The van der Waals surface area contributed by atoms with E-state index in [0.29, 0.717) is 41.4 Å². The SMILES string of the molecule is O=C1Cc2cccc3c2c2c1cccc2c1c(-c2cccc(-c4nc(-c5ccccc5)nc(-c5ccccc5)n4)c2)c(-c2ccccc2)cc(-c2cccc(-c4nc(-c5ccccc5)nc(-c5ccccc5)n4)c2)c31. The van der Waals surface area contributed by atoms with Crippen LogP contribution in [0.1, 0.15) is 15.9 Å². The molecule has 0 radical (unpaired) electrons. The number of carbonyl (C=O) groups is 1. The maximum atomic E-state index is 14.2. The largest absolute Gasteiger partial charge is 0.294 e. The molecule has 13 aromatic rings. The number of carbonyl (C=O) groups excluding carboxylic acids is 1. The van der Waals surface area contributed by atoms with Crippen LogP contribution in [0.5, 0.6) is 0 Å². The Morgan fingerprint density at radius 2 is 0.613 bits per heavy atom. The van der Waals surface area contributed by atoms with Crippen molar-refractivity contribution in [3.05, 3.63) is 254 Å². The highest BCUT2D eigenvalue weighted by atomic mass is 16.1. The zero-order valence-electron chi connectivity index (χ0n) is 40.4. The number of rotatable bonds is 9. The minimum Gasteiger partial charge on any atom is -0.294 e. The summed E-state index contributed by atoms with van der Waals surface area (Å²) < 4.78 is 0. The Balaban J connectivity index is 1.06. The third-order valence-corrected chi connectivity index (χ3v) is 14.3. The molecule has 2 heterocycles. The van der Waals surface area contributed by atoms with Crippen molar-refractivity contribution in [3.8, 4) is 102 Å². The van der Waals surface area contributed by atoms with Gasteiger partial charge in [-0.25, -0.2) is 29.9 Å². The molecule has 0 bridgehead atoms. The molecular weight excluding hydrogens is 917 g/mol. The number of benzene rings is 11. The highest BCUT2D eigenvalue weighted by Crippen LogP contribution is 2.51. The van der Waals surface area contributed by atoms with E-state index in [1.54, 1.807) is 0 Å². The van der Waals surface area contributed by atoms with Crippen LogP contribution in [0.4, 0.5) is 0 Å². The van der Waals surface area contributed by atoms with Crippen LogP contribution in [0.15, 0.2) is 243 Å². The van der Waals surface area contributed by atoms with Gasteiger partial charge in [0.25, 0.3) is 0 Å². The van der Waals surface area contributed by atoms with Crippen LogP contribution in [0.3, 0.4) is 0 Å². The predicted octanol–water partition coefficient (Wildman–Crippen LogP) is 16.3. The summed E-state index contributed by atoms with van der Waals surface area (Å²) >= 11 is 0. The fraction of sp³-hybridized carbons (Fsp3) is 0.0147. The molecule has 7 nitrogen and oxygen atoms in total. The van der Waals surface area contributed by atoms with E-state index in [2.05, 4.69) is 109 Å². The Morgan fingerprint density at radius 3 is 1.11 bits per heavy atom. The molecule has 75 heavy (non-hydrogen) atoms. The van der Waals surface area contributed by atoms with E-state index in [4.69, 9.17) is 29.9 Å². The van der Waals surface area contributed by atoms with Crippen LogP contribution in [0.2, 0.25) is 0 Å². The molecule has 0 fully saturated rings. The quantitative estimate of drug-likeness (QED) is 0.133. The Labute approximate surface area is 432 Å². The lowest BCUT2D eigenvalue weighted by Gasteiger charge is -2.25. The van der Waals surface area contributed by atoms with Gasteiger partial charge in [0, 0.05) is 50.8 Å². The molecule has 7 heteroatoms. The monoisotopic (exact) mass is 958 g/mol. The Hall–Kier alpha value is -10.1. The molecule has 1 aliphatic carbocycles. The molecule has 0 N–H and O–H groups in total. The van der Waals surface area contributed by atoms with Gasteiger partial charge in [0.15, 0.2) is 40.7 Å². The number of hydrogen-bond acceptors (Lipinski definition) is 7. The van der Waals surface area contributed by atoms with Crippen LogP contribution < -0.4 is 0 Å². The highest BCUT2D eigenvalue weighted by molar-refractivity contribution is 6.37. The average molecular weight is 959 g/mol. The summed E-state index contributed by atoms with van der Waals surface area (Å²) in [5, 5.41) is 6.34. The minimum atomic E-state index is 0.121. The van der Waals surface area contributed by atoms with Crippen molar-refractivity contribution in [2.45, 2.75) is 6.42 Å². The standard InChI is InChI=1S/C68H42N6O/c75-57-40-49-32-18-36-53-58(49)60-52(57)35-19-37-54(60)62-59(48-31-17-34-51(39-48)68-73-65(45-26-12-4-13-27-45)70-66(74-68)46-28-14-5-15-29-46)55(42-20-6-1-7-21-42)41-56(61(53)62)47-30-16-33-50(38-47)67-71-63(43-22-8-2-9-23-43)69-64(72-67)44-24-10-3-11-25-44/h1-39,41H,40H2. The molecule has 0 amide bonds. The molecule has 350 valence electrons. The predicted molar refractivity (Wildman–Crippen MR) is 303 cm³/mol. The normalized spacial score (nSPS) is 12.0. The highest BCUT2D eigenvalue weighted by Gasteiger charge is 2.28. The number of fused-ring (bicyclic) bond motifs is 3. The van der Waals surface area contributed by atoms with E-state index in [1.807, 2.05) is 133 Å². The molecule has 0 unspecified atom stereocenters. The molecule has 0 spiro atoms. The van der Waals surface area contributed by atoms with Gasteiger partial charge < -0.3 is 0 Å². The third-order valence-electron chi connectivity index (χ3n) is 14.3. The summed E-state index contributed by atoms with van der Waals surface area (Å²) in [5.74, 6) is 3.65. The lowest BCUT2D eigenvalue weighted by atomic mass is 9.77. The molecule has 0 atom stereocenters. The van der Waals surface area contributed by atoms with Gasteiger partial charge in [0.2, 0.25) is 0 Å². The van der Waals surface area contributed by atoms with Crippen LogP contribution in [-0.2, 0) is 6.42 Å². The number of nitrogens with zero attached hydrogens (tertiary/aromatic N) is 6. The van der Waals surface area contributed by atoms with E-state index in [0.717, 1.165) is 110 Å². The van der Waals surface area contributed by atoms with Gasteiger partial charge in [0.1, 0.15) is 0 Å². The van der Waals surface area contributed by atoms with E-state index >= 15 is 0 Å². The number of hydrogen-bond donors (Lipinski definition) is 0. The Bertz CT molecular complexity index is 4260. The zero-order chi connectivity index (χ0) is 49.8. The van der Waals surface area contributed by atoms with Gasteiger partial charge in [-0.3, -0.25) is 4.79 Å². The summed E-state index contributed by atoms with van der Waals surface area (Å²) in [6.45, 7) is 0. The van der Waals surface area contributed by atoms with Crippen molar-refractivity contribution in [2.24, 2.45) is 0 Å². The van der Waals surface area contributed by atoms with Crippen LogP contribution >= 0.6 is 0 Å². The van der Waals surface area contributed by atoms with Gasteiger partial charge in [-0.15, -0.1) is 0 Å². The number of ketones is 1. The lowest BCUT2D eigenvalue weighted by molar-refractivity contribution is 0.0994. The molecule has 11 aromatic carbocycles. The lowest BCUT2D eigenvalue weighted by Crippen LogP contribution is -2.10. The molecule has 0 saturated heterocycles. The second kappa shape index (κ2) is 18.2. The van der Waals surface area contributed by atoms with Crippen molar-refractivity contribution in [1.82, 2.24) is 29.9 Å². The number of aromatic nitrogens is 6. The average Bonchev–Trinajstić information content (AvgIpc) is 3.51. The maximum Gasteiger partial charge on any atom is 0.167 e. The van der Waals surface area contributed by atoms with Crippen molar-refractivity contribution in [1.29, 1.82) is 0 Å². The van der Waals surface area contributed by atoms with E-state index < -0.39 is 0 Å². The smallest absolute Gasteiger partial charge is 0.167 e. The van der Waals surface area contributed by atoms with Gasteiger partial charge in [-0.2, -0.15) is 0 Å². The minimum absolute atomic E-state index is 0.121. The van der Waals surface area contributed by atoms with Crippen LogP contribution in [0, 0.1) is 0 Å². The molecule has 0 saturated carbocycles. The topological polar surface area (TPSA) is 94.4 Å². The first-order chi connectivity index (χ1) is 37.1. The summed E-state index contributed by atoms with van der Waals surface area (Å²) in [4.78, 5) is 44.8. The fourth-order valence-corrected chi connectivity index (χ4v) is 10.9. The molecule has 2 aromatic heterocycles. The molecule has 1 aliphatic rings. The summed E-state index contributed by atoms with van der Waals surface area (Å²) in [6, 6.07) is 83.1. The van der Waals surface area contributed by atoms with E-state index in [9.17, 15) is 4.79 Å². The summed E-state index contributed by atoms with van der Waals surface area (Å²) in [7, 11) is 0. The maximum absolute atomic E-state index is 14.2. The zero-order valence-corrected chi connectivity index (χ0v) is 40.4. The van der Waals surface area contributed by atoms with E-state index in [1.165, 1.54) is 0 Å². The fourth-order valence-electron chi connectivity index (χ4n) is 10.9. The van der Waals surface area contributed by atoms with Crippen molar-refractivity contribution < 1.29 is 4.79 Å². The molecule has 0 aliphatic heterocycles. The van der Waals surface area contributed by atoms with Gasteiger partial charge in [-0.05, 0) is 84.1 Å². The van der Waals surface area contributed by atoms with Crippen molar-refractivity contribution in [2.75, 3.05) is 0 Å². The second-order valence-corrected chi connectivity index (χ2v) is 18.9. The summed E-state index contributed by atoms with van der Waals surface area (Å²) in [6.07, 6.45) is 0.339. The molecule has 14 rings (SSSR count). The Morgan fingerprint density at radius 1 is 0.253 bits per heavy atom. The first-order valence-corrected chi connectivity index (χ1v) is 25.1. The van der Waals surface area contributed by atoms with E-state index in [-0.39, 0.29) is 5.78 Å².